The van der Waals surface area contributed by atoms with Crippen molar-refractivity contribution in [2.45, 2.75) is 25.7 Å². The van der Waals surface area contributed by atoms with Gasteiger partial charge in [-0.05, 0) is 43.2 Å². The van der Waals surface area contributed by atoms with Crippen LogP contribution in [0.25, 0.3) is 0 Å². The van der Waals surface area contributed by atoms with E-state index in [9.17, 15) is 4.79 Å². The summed E-state index contributed by atoms with van der Waals surface area (Å²) < 4.78 is 5.29. The van der Waals surface area contributed by atoms with Crippen LogP contribution in [0.3, 0.4) is 0 Å². The molecule has 4 nitrogen and oxygen atoms in total. The molecule has 124 valence electrons. The number of carbonyl (C=O) groups excluding carboxylic acids is 1. The van der Waals surface area contributed by atoms with Gasteiger partial charge in [0.2, 0.25) is 5.91 Å². The average molecular weight is 314 g/mol. The van der Waals surface area contributed by atoms with Gasteiger partial charge in [0.05, 0.1) is 7.11 Å². The summed E-state index contributed by atoms with van der Waals surface area (Å²) in [5, 5.41) is 3.12. The molecule has 1 N–H and O–H groups in total. The summed E-state index contributed by atoms with van der Waals surface area (Å²) >= 11 is 0. The number of nitrogens with zero attached hydrogens (tertiary/aromatic N) is 1. The van der Waals surface area contributed by atoms with Crippen LogP contribution in [0.2, 0.25) is 0 Å². The number of benzene rings is 1. The molecule has 2 aliphatic rings. The number of rotatable bonds is 6. The van der Waals surface area contributed by atoms with Gasteiger partial charge in [-0.25, -0.2) is 0 Å². The zero-order valence-electron chi connectivity index (χ0n) is 13.8. The Bertz CT molecular complexity index is 570. The standard InChI is InChI=1S/C19H26N2O2/c1-23-18-8-4-7-17(12-18)21-10-9-16(14-21)13-20-19(22)11-15-5-2-3-6-15/h2,4-5,7-8,12,15-16H,3,6,9-11,13-14H2,1H3,(H,20,22)/t15-,16+/m0/s1. The first-order chi connectivity index (χ1) is 11.2. The second-order valence-electron chi connectivity index (χ2n) is 6.58. The third kappa shape index (κ3) is 4.27. The topological polar surface area (TPSA) is 41.6 Å². The normalized spacial score (nSPS) is 23.3. The number of amides is 1. The van der Waals surface area contributed by atoms with Gasteiger partial charge < -0.3 is 15.0 Å². The molecular weight excluding hydrogens is 288 g/mol. The number of hydrogen-bond donors (Lipinski definition) is 1. The van der Waals surface area contributed by atoms with Crippen LogP contribution < -0.4 is 15.0 Å². The molecule has 1 aliphatic carbocycles. The second-order valence-corrected chi connectivity index (χ2v) is 6.58. The summed E-state index contributed by atoms with van der Waals surface area (Å²) in [6, 6.07) is 8.19. The minimum absolute atomic E-state index is 0.196. The van der Waals surface area contributed by atoms with E-state index in [-0.39, 0.29) is 5.91 Å². The van der Waals surface area contributed by atoms with Crippen LogP contribution in [0.1, 0.15) is 25.7 Å². The first-order valence-electron chi connectivity index (χ1n) is 8.57. The zero-order valence-corrected chi connectivity index (χ0v) is 13.8. The number of carbonyl (C=O) groups is 1. The minimum Gasteiger partial charge on any atom is -0.497 e. The quantitative estimate of drug-likeness (QED) is 0.821. The van der Waals surface area contributed by atoms with Crippen molar-refractivity contribution in [1.82, 2.24) is 5.32 Å². The maximum absolute atomic E-state index is 12.0. The largest absolute Gasteiger partial charge is 0.497 e. The molecule has 1 amide bonds. The second kappa shape index (κ2) is 7.53. The lowest BCUT2D eigenvalue weighted by molar-refractivity contribution is -0.121. The smallest absolute Gasteiger partial charge is 0.220 e. The van der Waals surface area contributed by atoms with Crippen molar-refractivity contribution in [3.63, 3.8) is 0 Å². The number of ether oxygens (including phenoxy) is 1. The highest BCUT2D eigenvalue weighted by Gasteiger charge is 2.23. The Morgan fingerprint density at radius 1 is 1.39 bits per heavy atom. The molecule has 0 unspecified atom stereocenters. The van der Waals surface area contributed by atoms with E-state index in [0.717, 1.165) is 44.6 Å². The van der Waals surface area contributed by atoms with E-state index in [1.54, 1.807) is 7.11 Å². The molecule has 1 fully saturated rings. The Hall–Kier alpha value is -1.97. The molecule has 4 heteroatoms. The van der Waals surface area contributed by atoms with E-state index in [1.807, 2.05) is 12.1 Å². The van der Waals surface area contributed by atoms with E-state index in [4.69, 9.17) is 4.74 Å². The molecule has 1 aromatic rings. The van der Waals surface area contributed by atoms with Crippen molar-refractivity contribution in [2.24, 2.45) is 11.8 Å². The van der Waals surface area contributed by atoms with Gasteiger partial charge in [0.1, 0.15) is 5.75 Å². The molecule has 1 heterocycles. The van der Waals surface area contributed by atoms with E-state index in [1.165, 1.54) is 5.69 Å². The molecule has 23 heavy (non-hydrogen) atoms. The Labute approximate surface area is 138 Å². The Morgan fingerprint density at radius 3 is 3.09 bits per heavy atom. The van der Waals surface area contributed by atoms with Gasteiger partial charge in [0.15, 0.2) is 0 Å². The zero-order chi connectivity index (χ0) is 16.1. The lowest BCUT2D eigenvalue weighted by atomic mass is 10.0. The molecule has 0 spiro atoms. The molecule has 1 saturated heterocycles. The van der Waals surface area contributed by atoms with Crippen LogP contribution >= 0.6 is 0 Å². The summed E-state index contributed by atoms with van der Waals surface area (Å²) in [5.74, 6) is 2.07. The van der Waals surface area contributed by atoms with Gasteiger partial charge in [-0.3, -0.25) is 4.79 Å². The molecule has 0 radical (unpaired) electrons. The van der Waals surface area contributed by atoms with Gasteiger partial charge in [-0.15, -0.1) is 0 Å². The summed E-state index contributed by atoms with van der Waals surface area (Å²) in [7, 11) is 1.70. The Balaban J connectivity index is 1.44. The molecule has 0 bridgehead atoms. The number of hydrogen-bond acceptors (Lipinski definition) is 3. The fraction of sp³-hybridized carbons (Fsp3) is 0.526. The average Bonchev–Trinajstić information content (AvgIpc) is 3.24. The predicted molar refractivity (Wildman–Crippen MR) is 92.8 cm³/mol. The summed E-state index contributed by atoms with van der Waals surface area (Å²) in [6.45, 7) is 2.82. The first-order valence-corrected chi connectivity index (χ1v) is 8.57. The van der Waals surface area contributed by atoms with E-state index >= 15 is 0 Å². The number of methoxy groups -OCH3 is 1. The molecule has 3 rings (SSSR count). The van der Waals surface area contributed by atoms with Crippen LogP contribution in [-0.2, 0) is 4.79 Å². The fourth-order valence-corrected chi connectivity index (χ4v) is 3.47. The van der Waals surface area contributed by atoms with E-state index in [0.29, 0.717) is 18.3 Å². The molecule has 1 aromatic carbocycles. The third-order valence-corrected chi connectivity index (χ3v) is 4.85. The van der Waals surface area contributed by atoms with Crippen molar-refractivity contribution in [1.29, 1.82) is 0 Å². The molecule has 0 aromatic heterocycles. The molecule has 2 atom stereocenters. The van der Waals surface area contributed by atoms with Crippen molar-refractivity contribution < 1.29 is 9.53 Å². The van der Waals surface area contributed by atoms with Crippen molar-refractivity contribution in [3.8, 4) is 5.75 Å². The summed E-state index contributed by atoms with van der Waals surface area (Å²) in [6.07, 6.45) is 8.38. The lowest BCUT2D eigenvalue weighted by Gasteiger charge is -2.19. The molecule has 0 saturated carbocycles. The van der Waals surface area contributed by atoms with Crippen LogP contribution in [-0.4, -0.2) is 32.7 Å². The van der Waals surface area contributed by atoms with E-state index in [2.05, 4.69) is 34.5 Å². The Morgan fingerprint density at radius 2 is 2.30 bits per heavy atom. The summed E-state index contributed by atoms with van der Waals surface area (Å²) in [4.78, 5) is 14.4. The number of anilines is 1. The van der Waals surface area contributed by atoms with Crippen LogP contribution in [0, 0.1) is 11.8 Å². The monoisotopic (exact) mass is 314 g/mol. The van der Waals surface area contributed by atoms with Gasteiger partial charge >= 0.3 is 0 Å². The van der Waals surface area contributed by atoms with E-state index < -0.39 is 0 Å². The third-order valence-electron chi connectivity index (χ3n) is 4.85. The van der Waals surface area contributed by atoms with Crippen molar-refractivity contribution in [2.75, 3.05) is 31.6 Å². The van der Waals surface area contributed by atoms with Gasteiger partial charge in [0.25, 0.3) is 0 Å². The highest BCUT2D eigenvalue weighted by atomic mass is 16.5. The molecular formula is C19H26N2O2. The summed E-state index contributed by atoms with van der Waals surface area (Å²) in [5.41, 5.74) is 1.20. The molecule has 1 aliphatic heterocycles. The van der Waals surface area contributed by atoms with Crippen LogP contribution in [0.5, 0.6) is 5.75 Å². The van der Waals surface area contributed by atoms with Crippen LogP contribution in [0.4, 0.5) is 5.69 Å². The van der Waals surface area contributed by atoms with Gasteiger partial charge in [-0.2, -0.15) is 0 Å². The van der Waals surface area contributed by atoms with Crippen LogP contribution in [0.15, 0.2) is 36.4 Å². The highest BCUT2D eigenvalue weighted by molar-refractivity contribution is 5.76. The number of nitrogens with one attached hydrogen (secondary N) is 1. The maximum atomic E-state index is 12.0. The number of allylic oxidation sites excluding steroid dienone is 2. The SMILES string of the molecule is COc1cccc(N2CC[C@H](CNC(=O)C[C@H]3C=CCC3)C2)c1. The van der Waals surface area contributed by atoms with Crippen molar-refractivity contribution in [3.05, 3.63) is 36.4 Å². The Kier molecular flexibility index (Phi) is 5.21. The highest BCUT2D eigenvalue weighted by Crippen LogP contribution is 2.26. The van der Waals surface area contributed by atoms with Crippen molar-refractivity contribution >= 4 is 11.6 Å². The fourth-order valence-electron chi connectivity index (χ4n) is 3.47. The first kappa shape index (κ1) is 15.9. The van der Waals surface area contributed by atoms with Gasteiger partial charge in [0, 0.05) is 37.8 Å². The predicted octanol–water partition coefficient (Wildman–Crippen LogP) is 2.99. The minimum atomic E-state index is 0.196. The maximum Gasteiger partial charge on any atom is 0.220 e. The lowest BCUT2D eigenvalue weighted by Crippen LogP contribution is -2.31. The van der Waals surface area contributed by atoms with Gasteiger partial charge in [-0.1, -0.05) is 18.2 Å².